The fourth-order valence-corrected chi connectivity index (χ4v) is 11.8. The molecule has 0 radical (unpaired) electrons. The van der Waals surface area contributed by atoms with E-state index in [1.165, 1.54) is 180 Å². The van der Waals surface area contributed by atoms with Crippen molar-refractivity contribution < 1.29 is 89.4 Å². The molecule has 0 bridgehead atoms. The summed E-state index contributed by atoms with van der Waals surface area (Å²) in [6.45, 7) is 1.72. The van der Waals surface area contributed by atoms with Crippen molar-refractivity contribution in [3.8, 4) is 0 Å². The Labute approximate surface area is 523 Å². The van der Waals surface area contributed by atoms with Crippen molar-refractivity contribution >= 4 is 5.91 Å². The highest BCUT2D eigenvalue weighted by Crippen LogP contribution is 2.33. The molecule has 0 aromatic carbocycles. The second-order valence-corrected chi connectivity index (χ2v) is 25.0. The van der Waals surface area contributed by atoms with Gasteiger partial charge in [0.1, 0.15) is 73.2 Å². The summed E-state index contributed by atoms with van der Waals surface area (Å²) in [5.41, 5.74) is 0. The van der Waals surface area contributed by atoms with Crippen LogP contribution in [-0.2, 0) is 33.2 Å². The van der Waals surface area contributed by atoms with Gasteiger partial charge in [-0.05, 0) is 44.9 Å². The second kappa shape index (κ2) is 50.6. The van der Waals surface area contributed by atoms with Gasteiger partial charge >= 0.3 is 0 Å². The molecule has 19 heteroatoms. The maximum Gasteiger partial charge on any atom is 0.220 e. The van der Waals surface area contributed by atoms with Gasteiger partial charge < -0.3 is 89.9 Å². The molecule has 3 saturated heterocycles. The number of amides is 1. The molecule has 19 nitrogen and oxygen atoms in total. The monoisotopic (exact) mass is 1240 g/mol. The Morgan fingerprint density at radius 1 is 0.402 bits per heavy atom. The molecule has 0 aromatic rings. The highest BCUT2D eigenvalue weighted by molar-refractivity contribution is 5.76. The Morgan fingerprint density at radius 2 is 0.736 bits per heavy atom. The molecule has 3 fully saturated rings. The molecular weight excluding hydrogens is 1120 g/mol. The van der Waals surface area contributed by atoms with Crippen molar-refractivity contribution in [3.05, 3.63) is 36.5 Å². The number of hydrogen-bond donors (Lipinski definition) is 12. The van der Waals surface area contributed by atoms with Crippen molar-refractivity contribution in [3.63, 3.8) is 0 Å². The van der Waals surface area contributed by atoms with Crippen LogP contribution >= 0.6 is 0 Å². The number of unbranched alkanes of at least 4 members (excludes halogenated alkanes) is 33. The number of aliphatic hydroxyl groups excluding tert-OH is 11. The standard InChI is InChI=1S/C68H125NO18/c1-3-5-7-9-11-13-15-17-19-21-22-23-24-25-26-27-28-30-32-34-36-38-40-42-44-46-56(74)69-51(52(73)45-43-41-39-37-35-33-31-29-20-18-16-14-12-10-8-6-4-2)50-82-66-62(80)59(77)64(54(48-71)84-66)87-68-63(81)60(78)65(55(49-72)85-68)86-67-61(79)58(76)57(75)53(47-70)83-67/h20,29,35,37,43,45,51-55,57-68,70-73,75-81H,3-19,21-28,30-34,36,38-42,44,46-50H2,1-2H3,(H,69,74)/b29-20+,37-35+,45-43+. The summed E-state index contributed by atoms with van der Waals surface area (Å²) in [4.78, 5) is 13.4. The quantitative estimate of drug-likeness (QED) is 0.0200. The van der Waals surface area contributed by atoms with Crippen LogP contribution < -0.4 is 5.32 Å². The maximum absolute atomic E-state index is 13.4. The first-order chi connectivity index (χ1) is 42.3. The SMILES string of the molecule is CCCCCCCCC/C=C/CC/C=C/CC/C=C/C(O)C(COC1OC(CO)C(OC2OC(CO)C(OC3OC(CO)C(O)C(O)C3O)C(O)C2O)C(O)C1O)NC(=O)CCCCCCCCCCCCCCCCCCCCCCCCCCC. The number of rotatable bonds is 53. The lowest BCUT2D eigenvalue weighted by Gasteiger charge is -2.48. The Bertz CT molecular complexity index is 1720. The van der Waals surface area contributed by atoms with E-state index < -0.39 is 124 Å². The van der Waals surface area contributed by atoms with Gasteiger partial charge in [0.25, 0.3) is 0 Å². The van der Waals surface area contributed by atoms with Gasteiger partial charge in [-0.2, -0.15) is 0 Å². The van der Waals surface area contributed by atoms with Crippen molar-refractivity contribution in [2.45, 2.75) is 362 Å². The minimum Gasteiger partial charge on any atom is -0.394 e. The lowest BCUT2D eigenvalue weighted by atomic mass is 9.96. The number of ether oxygens (including phenoxy) is 6. The minimum absolute atomic E-state index is 0.236. The molecule has 0 saturated carbocycles. The number of allylic oxidation sites excluding steroid dienone is 5. The van der Waals surface area contributed by atoms with Crippen LogP contribution in [-0.4, -0.2) is 193 Å². The Hall–Kier alpha value is -1.99. The molecule has 3 heterocycles. The summed E-state index contributed by atoms with van der Waals surface area (Å²) in [6, 6.07) is -0.994. The highest BCUT2D eigenvalue weighted by Gasteiger charge is 2.53. The van der Waals surface area contributed by atoms with Crippen LogP contribution in [0.3, 0.4) is 0 Å². The van der Waals surface area contributed by atoms with Crippen LogP contribution in [0.2, 0.25) is 0 Å². The van der Waals surface area contributed by atoms with Crippen molar-refractivity contribution in [2.24, 2.45) is 0 Å². The Morgan fingerprint density at radius 3 is 1.15 bits per heavy atom. The molecular formula is C68H125NO18. The fraction of sp³-hybridized carbons (Fsp3) is 0.897. The molecule has 1 amide bonds. The lowest BCUT2D eigenvalue weighted by molar-refractivity contribution is -0.379. The van der Waals surface area contributed by atoms with E-state index in [4.69, 9.17) is 28.4 Å². The number of carbonyl (C=O) groups is 1. The van der Waals surface area contributed by atoms with Crippen molar-refractivity contribution in [1.82, 2.24) is 5.32 Å². The molecule has 0 spiro atoms. The fourth-order valence-electron chi connectivity index (χ4n) is 11.8. The van der Waals surface area contributed by atoms with Crippen molar-refractivity contribution in [2.75, 3.05) is 26.4 Å². The molecule has 87 heavy (non-hydrogen) atoms. The van der Waals surface area contributed by atoms with Crippen LogP contribution in [0.4, 0.5) is 0 Å². The highest BCUT2D eigenvalue weighted by atomic mass is 16.8. The average molecular weight is 1240 g/mol. The Kier molecular flexibility index (Phi) is 46.0. The van der Waals surface area contributed by atoms with Crippen LogP contribution in [0.1, 0.15) is 258 Å². The molecule has 17 unspecified atom stereocenters. The summed E-state index contributed by atoms with van der Waals surface area (Å²) >= 11 is 0. The third kappa shape index (κ3) is 32.9. The number of hydrogen-bond acceptors (Lipinski definition) is 18. The third-order valence-electron chi connectivity index (χ3n) is 17.4. The number of aliphatic hydroxyl groups is 11. The van der Waals surface area contributed by atoms with E-state index in [9.17, 15) is 61.0 Å². The van der Waals surface area contributed by atoms with E-state index >= 15 is 0 Å². The minimum atomic E-state index is -1.98. The molecule has 3 aliphatic heterocycles. The maximum atomic E-state index is 13.4. The predicted octanol–water partition coefficient (Wildman–Crippen LogP) is 8.83. The average Bonchev–Trinajstić information content (AvgIpc) is 2.39. The largest absolute Gasteiger partial charge is 0.394 e. The number of carbonyl (C=O) groups excluding carboxylic acids is 1. The normalized spacial score (nSPS) is 28.8. The topological polar surface area (TPSA) is 307 Å². The van der Waals surface area contributed by atoms with E-state index in [1.54, 1.807) is 6.08 Å². The summed E-state index contributed by atoms with van der Waals surface area (Å²) in [5.74, 6) is -0.286. The van der Waals surface area contributed by atoms with Crippen LogP contribution in [0.5, 0.6) is 0 Å². The molecule has 0 aliphatic carbocycles. The van der Waals surface area contributed by atoms with E-state index in [0.29, 0.717) is 12.8 Å². The van der Waals surface area contributed by atoms with Crippen LogP contribution in [0.25, 0.3) is 0 Å². The first-order valence-electron chi connectivity index (χ1n) is 34.7. The van der Waals surface area contributed by atoms with E-state index in [2.05, 4.69) is 43.5 Å². The summed E-state index contributed by atoms with van der Waals surface area (Å²) < 4.78 is 34.3. The van der Waals surface area contributed by atoms with Gasteiger partial charge in [-0.3, -0.25) is 4.79 Å². The molecule has 12 N–H and O–H groups in total. The van der Waals surface area contributed by atoms with Gasteiger partial charge in [0.15, 0.2) is 18.9 Å². The van der Waals surface area contributed by atoms with Gasteiger partial charge in [-0.1, -0.05) is 243 Å². The smallest absolute Gasteiger partial charge is 0.220 e. The van der Waals surface area contributed by atoms with Gasteiger partial charge in [0.2, 0.25) is 5.91 Å². The molecule has 3 rings (SSSR count). The van der Waals surface area contributed by atoms with Gasteiger partial charge in [0, 0.05) is 6.42 Å². The summed E-state index contributed by atoms with van der Waals surface area (Å²) in [6.07, 6.45) is 31.3. The van der Waals surface area contributed by atoms with Gasteiger partial charge in [-0.15, -0.1) is 0 Å². The summed E-state index contributed by atoms with van der Waals surface area (Å²) in [7, 11) is 0. The van der Waals surface area contributed by atoms with Crippen molar-refractivity contribution in [1.29, 1.82) is 0 Å². The third-order valence-corrected chi connectivity index (χ3v) is 17.4. The zero-order valence-electron chi connectivity index (χ0n) is 53.8. The van der Waals surface area contributed by atoms with E-state index in [0.717, 1.165) is 44.9 Å². The first-order valence-corrected chi connectivity index (χ1v) is 34.7. The zero-order valence-corrected chi connectivity index (χ0v) is 53.8. The first kappa shape index (κ1) is 79.2. The van der Waals surface area contributed by atoms with Crippen LogP contribution in [0, 0.1) is 0 Å². The summed E-state index contributed by atoms with van der Waals surface area (Å²) in [5, 5.41) is 120. The molecule has 0 aromatic heterocycles. The molecule has 510 valence electrons. The second-order valence-electron chi connectivity index (χ2n) is 25.0. The molecule has 3 aliphatic rings. The molecule has 17 atom stereocenters. The Balaban J connectivity index is 1.44. The van der Waals surface area contributed by atoms with E-state index in [1.807, 2.05) is 6.08 Å². The van der Waals surface area contributed by atoms with Gasteiger partial charge in [-0.25, -0.2) is 0 Å². The van der Waals surface area contributed by atoms with E-state index in [-0.39, 0.29) is 18.9 Å². The van der Waals surface area contributed by atoms with Gasteiger partial charge in [0.05, 0.1) is 38.6 Å². The predicted molar refractivity (Wildman–Crippen MR) is 337 cm³/mol. The zero-order chi connectivity index (χ0) is 63.3. The number of nitrogens with one attached hydrogen (secondary N) is 1. The van der Waals surface area contributed by atoms with Crippen LogP contribution in [0.15, 0.2) is 36.5 Å². The lowest BCUT2D eigenvalue weighted by Crippen LogP contribution is -2.66.